The predicted molar refractivity (Wildman–Crippen MR) is 137 cm³/mol. The molecule has 3 N–H and O–H groups in total. The maximum Gasteiger partial charge on any atom is 0.414 e. The highest BCUT2D eigenvalue weighted by Crippen LogP contribution is 2.42. The lowest BCUT2D eigenvalue weighted by molar-refractivity contribution is -0.159. The fraction of sp³-hybridized carbons (Fsp3) is 0.464. The number of carboxylic acids is 2. The summed E-state index contributed by atoms with van der Waals surface area (Å²) < 4.78 is 32.4. The lowest BCUT2D eigenvalue weighted by atomic mass is 9.72. The third kappa shape index (κ3) is 7.96. The van der Waals surface area contributed by atoms with E-state index in [1.165, 1.54) is 24.3 Å². The molecule has 2 saturated heterocycles. The van der Waals surface area contributed by atoms with Crippen LogP contribution in [0.3, 0.4) is 0 Å². The maximum absolute atomic E-state index is 13.5. The van der Waals surface area contributed by atoms with Crippen molar-refractivity contribution >= 4 is 18.0 Å². The number of carbonyl (C=O) groups is 3. The van der Waals surface area contributed by atoms with E-state index in [1.54, 1.807) is 36.2 Å². The highest BCUT2D eigenvalue weighted by Gasteiger charge is 2.41. The number of benzene rings is 2. The molecule has 4 rings (SSSR count). The van der Waals surface area contributed by atoms with Gasteiger partial charge in [0.05, 0.1) is 6.54 Å². The van der Waals surface area contributed by atoms with Gasteiger partial charge in [0.15, 0.2) is 0 Å². The third-order valence-corrected chi connectivity index (χ3v) is 7.24. The van der Waals surface area contributed by atoms with Crippen molar-refractivity contribution in [2.45, 2.75) is 43.8 Å². The second-order valence-corrected chi connectivity index (χ2v) is 9.89. The minimum Gasteiger partial charge on any atom is -0.473 e. The van der Waals surface area contributed by atoms with E-state index >= 15 is 0 Å². The van der Waals surface area contributed by atoms with Gasteiger partial charge < -0.3 is 29.9 Å². The van der Waals surface area contributed by atoms with Gasteiger partial charge in [-0.2, -0.15) is 0 Å². The lowest BCUT2D eigenvalue weighted by Gasteiger charge is -2.42. The molecule has 2 heterocycles. The van der Waals surface area contributed by atoms with Crippen LogP contribution in [0.1, 0.15) is 43.2 Å². The number of nitrogens with zero attached hydrogens (tertiary/aromatic N) is 2. The van der Waals surface area contributed by atoms with Gasteiger partial charge in [0.1, 0.15) is 23.3 Å². The Kier molecular flexibility index (Phi) is 10.4. The molecule has 212 valence electrons. The molecule has 0 aromatic heterocycles. The van der Waals surface area contributed by atoms with Crippen LogP contribution in [0.4, 0.5) is 13.6 Å². The van der Waals surface area contributed by atoms with Crippen LogP contribution >= 0.6 is 0 Å². The Bertz CT molecular complexity index is 1060. The normalized spacial score (nSPS) is 18.3. The Morgan fingerprint density at radius 1 is 0.923 bits per heavy atom. The quantitative estimate of drug-likeness (QED) is 0.337. The first kappa shape index (κ1) is 30.0. The van der Waals surface area contributed by atoms with Crippen LogP contribution in [0.25, 0.3) is 0 Å². The van der Waals surface area contributed by atoms with E-state index in [4.69, 9.17) is 24.5 Å². The number of carbonyl (C=O) groups excluding carboxylic acids is 1. The number of rotatable bonds is 8. The summed E-state index contributed by atoms with van der Waals surface area (Å²) in [6.07, 6.45) is 4.24. The molecule has 0 spiro atoms. The molecule has 1 atom stereocenters. The van der Waals surface area contributed by atoms with Crippen molar-refractivity contribution in [3.63, 3.8) is 0 Å². The molecule has 39 heavy (non-hydrogen) atoms. The second kappa shape index (κ2) is 13.5. The third-order valence-electron chi connectivity index (χ3n) is 7.24. The number of piperidine rings is 1. The zero-order valence-corrected chi connectivity index (χ0v) is 21.8. The van der Waals surface area contributed by atoms with Gasteiger partial charge in [-0.05, 0) is 93.0 Å². The topological polar surface area (TPSA) is 128 Å². The SMILES string of the molecule is CN1CC(CCCCN2CCC(C(O)(c3ccc(F)cc3)c3ccc(F)cc3)CC2)OC1=O.O=C(O)C(=O)O. The smallest absolute Gasteiger partial charge is 0.414 e. The van der Waals surface area contributed by atoms with Gasteiger partial charge in [0.25, 0.3) is 0 Å². The first-order valence-corrected chi connectivity index (χ1v) is 12.9. The summed E-state index contributed by atoms with van der Waals surface area (Å²) in [5.74, 6) is -4.41. The molecule has 11 heteroatoms. The summed E-state index contributed by atoms with van der Waals surface area (Å²) in [5, 5.41) is 26.7. The van der Waals surface area contributed by atoms with E-state index in [0.29, 0.717) is 17.7 Å². The monoisotopic (exact) mass is 548 g/mol. The van der Waals surface area contributed by atoms with Crippen LogP contribution in [0.5, 0.6) is 0 Å². The summed E-state index contributed by atoms with van der Waals surface area (Å²) in [4.78, 5) is 33.7. The molecule has 2 aromatic rings. The molecule has 2 aliphatic rings. The Hall–Kier alpha value is -3.57. The average molecular weight is 549 g/mol. The molecule has 2 fully saturated rings. The first-order valence-electron chi connectivity index (χ1n) is 12.9. The number of ether oxygens (including phenoxy) is 1. The molecule has 0 aliphatic carbocycles. The molecule has 0 bridgehead atoms. The number of aliphatic hydroxyl groups is 1. The highest BCUT2D eigenvalue weighted by atomic mass is 19.1. The molecule has 2 aromatic carbocycles. The van der Waals surface area contributed by atoms with Gasteiger partial charge in [-0.3, -0.25) is 0 Å². The van der Waals surface area contributed by atoms with Gasteiger partial charge >= 0.3 is 18.0 Å². The van der Waals surface area contributed by atoms with E-state index in [-0.39, 0.29) is 29.7 Å². The number of likely N-dealkylation sites (N-methyl/N-ethyl adjacent to an activating group) is 1. The average Bonchev–Trinajstić information content (AvgIpc) is 3.24. The van der Waals surface area contributed by atoms with Crippen molar-refractivity contribution in [1.29, 1.82) is 0 Å². The van der Waals surface area contributed by atoms with Crippen molar-refractivity contribution in [2.24, 2.45) is 5.92 Å². The Morgan fingerprint density at radius 3 is 1.82 bits per heavy atom. The van der Waals surface area contributed by atoms with E-state index in [2.05, 4.69) is 4.90 Å². The van der Waals surface area contributed by atoms with Crippen LogP contribution in [0.2, 0.25) is 0 Å². The summed E-state index contributed by atoms with van der Waals surface area (Å²) >= 11 is 0. The number of amides is 1. The fourth-order valence-corrected chi connectivity index (χ4v) is 5.13. The largest absolute Gasteiger partial charge is 0.473 e. The van der Waals surface area contributed by atoms with Crippen LogP contribution in [0, 0.1) is 17.6 Å². The number of unbranched alkanes of at least 4 members (excludes halogenated alkanes) is 1. The standard InChI is InChI=1S/C26H32F2N2O3.C2H2O4/c1-29-18-24(33-25(29)31)4-2-3-15-30-16-13-21(14-17-30)26(32,19-5-9-22(27)10-6-19)20-7-11-23(28)12-8-20;3-1(4)2(5)6/h5-12,21,24,32H,2-4,13-18H2,1H3;(H,3,4)(H,5,6). The van der Waals surface area contributed by atoms with E-state index < -0.39 is 17.5 Å². The van der Waals surface area contributed by atoms with Gasteiger partial charge in [-0.25, -0.2) is 23.2 Å². The number of likely N-dealkylation sites (tertiary alicyclic amines) is 1. The fourth-order valence-electron chi connectivity index (χ4n) is 5.13. The van der Waals surface area contributed by atoms with Gasteiger partial charge in [0, 0.05) is 7.05 Å². The minimum atomic E-state index is -1.82. The summed E-state index contributed by atoms with van der Waals surface area (Å²) in [6, 6.07) is 11.9. The zero-order valence-electron chi connectivity index (χ0n) is 21.8. The van der Waals surface area contributed by atoms with Crippen molar-refractivity contribution in [3.05, 3.63) is 71.3 Å². The summed E-state index contributed by atoms with van der Waals surface area (Å²) in [7, 11) is 1.76. The van der Waals surface area contributed by atoms with Crippen molar-refractivity contribution in [1.82, 2.24) is 9.80 Å². The van der Waals surface area contributed by atoms with Crippen molar-refractivity contribution in [3.8, 4) is 0 Å². The Morgan fingerprint density at radius 2 is 1.41 bits per heavy atom. The number of hydrogen-bond acceptors (Lipinski definition) is 6. The van der Waals surface area contributed by atoms with E-state index in [0.717, 1.165) is 51.7 Å². The van der Waals surface area contributed by atoms with E-state index in [1.807, 2.05) is 0 Å². The summed E-state index contributed by atoms with van der Waals surface area (Å²) in [6.45, 7) is 3.34. The molecule has 9 nitrogen and oxygen atoms in total. The Balaban J connectivity index is 0.000000631. The van der Waals surface area contributed by atoms with Crippen LogP contribution in [0.15, 0.2) is 48.5 Å². The number of hydrogen-bond donors (Lipinski definition) is 3. The van der Waals surface area contributed by atoms with Crippen molar-refractivity contribution in [2.75, 3.05) is 33.2 Å². The van der Waals surface area contributed by atoms with Crippen LogP contribution in [-0.4, -0.2) is 82.5 Å². The van der Waals surface area contributed by atoms with E-state index in [9.17, 15) is 18.7 Å². The lowest BCUT2D eigenvalue weighted by Crippen LogP contribution is -2.44. The number of aliphatic carboxylic acids is 2. The molecule has 0 saturated carbocycles. The van der Waals surface area contributed by atoms with Gasteiger partial charge in [0.2, 0.25) is 0 Å². The highest BCUT2D eigenvalue weighted by molar-refractivity contribution is 6.27. The first-order chi connectivity index (χ1) is 18.5. The molecule has 2 aliphatic heterocycles. The van der Waals surface area contributed by atoms with Crippen molar-refractivity contribution < 1.29 is 43.2 Å². The molecule has 1 unspecified atom stereocenters. The van der Waals surface area contributed by atoms with Gasteiger partial charge in [-0.15, -0.1) is 0 Å². The minimum absolute atomic E-state index is 0.00494. The molecular formula is C28H34F2N2O7. The summed E-state index contributed by atoms with van der Waals surface area (Å²) in [5.41, 5.74) is -0.0404. The number of carboxylic acid groups (broad SMARTS) is 2. The molecule has 1 amide bonds. The molecule has 0 radical (unpaired) electrons. The number of cyclic esters (lactones) is 1. The van der Waals surface area contributed by atoms with Gasteiger partial charge in [-0.1, -0.05) is 24.3 Å². The zero-order chi connectivity index (χ0) is 28.6. The van der Waals surface area contributed by atoms with Crippen LogP contribution < -0.4 is 0 Å². The van der Waals surface area contributed by atoms with Crippen LogP contribution in [-0.2, 0) is 19.9 Å². The second-order valence-electron chi connectivity index (χ2n) is 9.89. The maximum atomic E-state index is 13.5. The predicted octanol–water partition coefficient (Wildman–Crippen LogP) is 3.69. The Labute approximate surface area is 225 Å². The molecular weight excluding hydrogens is 514 g/mol. The number of halogens is 2.